The van der Waals surface area contributed by atoms with Gasteiger partial charge < -0.3 is 14.5 Å². The second-order valence-electron chi connectivity index (χ2n) is 6.02. The Hall–Kier alpha value is -0.990. The van der Waals surface area contributed by atoms with Crippen LogP contribution in [-0.4, -0.2) is 48.9 Å². The molecule has 0 fully saturated rings. The van der Waals surface area contributed by atoms with Gasteiger partial charge in [-0.3, -0.25) is 0 Å². The molecule has 0 aliphatic heterocycles. The van der Waals surface area contributed by atoms with Crippen LogP contribution in [0, 0.1) is 0 Å². The van der Waals surface area contributed by atoms with Crippen molar-refractivity contribution in [1.29, 1.82) is 0 Å². The Balaban J connectivity index is 2.46. The minimum atomic E-state index is -1.62. The Morgan fingerprint density at radius 3 is 2.40 bits per heavy atom. The van der Waals surface area contributed by atoms with Gasteiger partial charge in [0.1, 0.15) is 6.16 Å². The van der Waals surface area contributed by atoms with Crippen LogP contribution in [0.4, 0.5) is 0 Å². The van der Waals surface area contributed by atoms with E-state index >= 15 is 0 Å². The average molecular weight is 294 g/mol. The molecule has 0 bridgehead atoms. The quantitative estimate of drug-likeness (QED) is 0.619. The summed E-state index contributed by atoms with van der Waals surface area (Å²) in [6, 6.07) is 8.20. The normalized spacial score (nSPS) is 13.1. The van der Waals surface area contributed by atoms with Crippen LogP contribution in [0.2, 0.25) is 0 Å². The van der Waals surface area contributed by atoms with Crippen LogP contribution < -0.4 is 4.89 Å². The fraction of sp³-hybridized carbons (Fsp3) is 0.438. The third-order valence-electron chi connectivity index (χ3n) is 2.95. The van der Waals surface area contributed by atoms with E-state index in [1.807, 2.05) is 39.4 Å². The van der Waals surface area contributed by atoms with Crippen molar-refractivity contribution in [1.82, 2.24) is 0 Å². The fourth-order valence-electron chi connectivity index (χ4n) is 1.88. The summed E-state index contributed by atoms with van der Waals surface area (Å²) in [6.45, 7) is 4.17. The van der Waals surface area contributed by atoms with Crippen LogP contribution >= 0.6 is 7.77 Å². The molecular formula is C16H25NO2P+. The van der Waals surface area contributed by atoms with Crippen LogP contribution in [0.25, 0.3) is 6.08 Å². The summed E-state index contributed by atoms with van der Waals surface area (Å²) in [4.78, 5) is 11.9. The molecule has 0 spiro atoms. The lowest BCUT2D eigenvalue weighted by Gasteiger charge is -2.22. The van der Waals surface area contributed by atoms with Gasteiger partial charge in [0.15, 0.2) is 6.54 Å². The Labute approximate surface area is 123 Å². The maximum Gasteiger partial charge on any atom is 0.273 e. The van der Waals surface area contributed by atoms with E-state index in [4.69, 9.17) is 0 Å². The second-order valence-corrected chi connectivity index (χ2v) is 7.74. The van der Waals surface area contributed by atoms with Crippen molar-refractivity contribution in [2.45, 2.75) is 12.8 Å². The Bertz CT molecular complexity index is 472. The van der Waals surface area contributed by atoms with E-state index in [-0.39, 0.29) is 5.48 Å². The molecule has 0 saturated heterocycles. The van der Waals surface area contributed by atoms with Crippen LogP contribution in [0.5, 0.6) is 0 Å². The van der Waals surface area contributed by atoms with Gasteiger partial charge in [-0.25, -0.2) is 0 Å². The van der Waals surface area contributed by atoms with Gasteiger partial charge in [0.25, 0.3) is 5.48 Å². The van der Waals surface area contributed by atoms with Gasteiger partial charge in [-0.15, -0.1) is 0 Å². The van der Waals surface area contributed by atoms with E-state index in [1.165, 1.54) is 5.56 Å². The highest BCUT2D eigenvalue weighted by molar-refractivity contribution is 7.51. The minimum Gasteiger partial charge on any atom is -0.629 e. The molecule has 1 rings (SSSR count). The lowest BCUT2D eigenvalue weighted by Crippen LogP contribution is -2.39. The highest BCUT2D eigenvalue weighted by atomic mass is 31.1. The molecule has 0 radical (unpaired) electrons. The highest BCUT2D eigenvalue weighted by Gasteiger charge is 2.16. The van der Waals surface area contributed by atoms with Crippen LogP contribution in [0.15, 0.2) is 30.8 Å². The topological polar surface area (TPSA) is 43.3 Å². The summed E-state index contributed by atoms with van der Waals surface area (Å²) >= 11 is 0. The average Bonchev–Trinajstić information content (AvgIpc) is 2.37. The zero-order chi connectivity index (χ0) is 15.2. The first-order chi connectivity index (χ1) is 9.31. The molecule has 1 aromatic rings. The van der Waals surface area contributed by atoms with Crippen LogP contribution in [0.3, 0.4) is 0 Å². The zero-order valence-electron chi connectivity index (χ0n) is 12.7. The molecule has 0 saturated carbocycles. The molecule has 1 unspecified atom stereocenters. The van der Waals surface area contributed by atoms with E-state index in [1.54, 1.807) is 0 Å². The molecule has 0 aliphatic rings. The number of aliphatic hydroxyl groups is 1. The van der Waals surface area contributed by atoms with Crippen molar-refractivity contribution >= 4 is 19.3 Å². The summed E-state index contributed by atoms with van der Waals surface area (Å²) in [6.07, 6.45) is 4.07. The van der Waals surface area contributed by atoms with Gasteiger partial charge in [-0.2, -0.15) is 0 Å². The first-order valence-corrected chi connectivity index (χ1v) is 8.27. The van der Waals surface area contributed by atoms with Crippen molar-refractivity contribution in [3.05, 3.63) is 42.0 Å². The number of rotatable bonds is 7. The Kier molecular flexibility index (Phi) is 6.57. The van der Waals surface area contributed by atoms with Crippen molar-refractivity contribution in [2.24, 2.45) is 0 Å². The van der Waals surface area contributed by atoms with E-state index in [9.17, 15) is 10.00 Å². The maximum absolute atomic E-state index is 11.9. The maximum atomic E-state index is 11.9. The van der Waals surface area contributed by atoms with Crippen LogP contribution in [-0.2, 0) is 6.42 Å². The number of nitrogens with zero attached hydrogens (tertiary/aromatic N) is 1. The summed E-state index contributed by atoms with van der Waals surface area (Å²) in [7, 11) is 4.30. The van der Waals surface area contributed by atoms with Gasteiger partial charge in [0.2, 0.25) is 0 Å². The van der Waals surface area contributed by atoms with Gasteiger partial charge in [-0.05, 0) is 24.0 Å². The van der Waals surface area contributed by atoms with Crippen molar-refractivity contribution < 1.29 is 14.5 Å². The summed E-state index contributed by atoms with van der Waals surface area (Å²) in [5.74, 6) is 0. The second kappa shape index (κ2) is 7.70. The molecule has 20 heavy (non-hydrogen) atoms. The molecular weight excluding hydrogens is 269 g/mol. The fourth-order valence-corrected chi connectivity index (χ4v) is 3.16. The number of likely N-dealkylation sites (N-methyl/N-ethyl adjacent to an activating group) is 1. The smallest absolute Gasteiger partial charge is 0.273 e. The first-order valence-electron chi connectivity index (χ1n) is 6.83. The number of aryl methyl sites for hydroxylation is 1. The molecule has 0 aromatic heterocycles. The van der Waals surface area contributed by atoms with Gasteiger partial charge in [0, 0.05) is 0 Å². The lowest BCUT2D eigenvalue weighted by atomic mass is 10.1. The monoisotopic (exact) mass is 294 g/mol. The van der Waals surface area contributed by atoms with E-state index in [0.717, 1.165) is 18.4 Å². The number of aliphatic hydroxyl groups excluding tert-OH is 1. The van der Waals surface area contributed by atoms with Crippen molar-refractivity contribution in [3.8, 4) is 0 Å². The van der Waals surface area contributed by atoms with Gasteiger partial charge in [-0.1, -0.05) is 36.9 Å². The predicted octanol–water partition coefficient (Wildman–Crippen LogP) is 2.23. The van der Waals surface area contributed by atoms with E-state index in [2.05, 4.69) is 18.7 Å². The standard InChI is InChI=1S/C16H24NO2P/c1-5-14-8-10-15(11-9-14)7-6-12-20(19)16(18)13-17(2,3)4/h5,8-11H,1,6-7,12-13H2,2-4H3/p+1. The number of hydrogen-bond donors (Lipinski definition) is 1. The molecule has 0 heterocycles. The van der Waals surface area contributed by atoms with Crippen molar-refractivity contribution in [2.75, 3.05) is 33.8 Å². The molecule has 4 heteroatoms. The lowest BCUT2D eigenvalue weighted by molar-refractivity contribution is -0.861. The molecule has 1 aromatic carbocycles. The highest BCUT2D eigenvalue weighted by Crippen LogP contribution is 2.17. The molecule has 110 valence electrons. The zero-order valence-corrected chi connectivity index (χ0v) is 13.6. The summed E-state index contributed by atoms with van der Waals surface area (Å²) in [5, 5.41) is 9.83. The van der Waals surface area contributed by atoms with Gasteiger partial charge in [0.05, 0.1) is 28.9 Å². The largest absolute Gasteiger partial charge is 0.629 e. The van der Waals surface area contributed by atoms with Crippen LogP contribution in [0.1, 0.15) is 17.5 Å². The number of hydrogen-bond acceptors (Lipinski definition) is 1. The molecule has 3 nitrogen and oxygen atoms in total. The minimum absolute atomic E-state index is 0.134. The third-order valence-corrected chi connectivity index (χ3v) is 4.39. The molecule has 1 atom stereocenters. The predicted molar refractivity (Wildman–Crippen MR) is 86.5 cm³/mol. The van der Waals surface area contributed by atoms with E-state index in [0.29, 0.717) is 17.2 Å². The summed E-state index contributed by atoms with van der Waals surface area (Å²) < 4.78 is 0.593. The first kappa shape index (κ1) is 17.1. The summed E-state index contributed by atoms with van der Waals surface area (Å²) in [5.41, 5.74) is 2.47. The SMILES string of the molecule is C=Cc1ccc(CCC/[P+]([O-])=C(\O)C[N+](C)(C)C)cc1. The van der Waals surface area contributed by atoms with Crippen molar-refractivity contribution in [3.63, 3.8) is 0 Å². The number of quaternary nitrogens is 1. The number of benzene rings is 1. The Morgan fingerprint density at radius 2 is 1.90 bits per heavy atom. The molecule has 1 N–H and O–H groups in total. The Morgan fingerprint density at radius 1 is 1.30 bits per heavy atom. The third kappa shape index (κ3) is 6.44. The molecule has 0 amide bonds. The van der Waals surface area contributed by atoms with Gasteiger partial charge >= 0.3 is 0 Å². The molecule has 0 aliphatic carbocycles. The van der Waals surface area contributed by atoms with E-state index < -0.39 is 7.77 Å².